The monoisotopic (exact) mass is 539 g/mol. The van der Waals surface area contributed by atoms with Gasteiger partial charge in [-0.05, 0) is 62.2 Å². The minimum absolute atomic E-state index is 0.00625. The number of benzene rings is 2. The van der Waals surface area contributed by atoms with Crippen molar-refractivity contribution < 1.29 is 27.4 Å². The Hall–Kier alpha value is -2.85. The maximum absolute atomic E-state index is 13.8. The van der Waals surface area contributed by atoms with E-state index in [-0.39, 0.29) is 16.8 Å². The third-order valence-corrected chi connectivity index (χ3v) is 7.32. The van der Waals surface area contributed by atoms with Crippen molar-refractivity contribution in [3.05, 3.63) is 59.1 Å². The highest BCUT2D eigenvalue weighted by Crippen LogP contribution is 2.25. The molecule has 0 aromatic heterocycles. The topological polar surface area (TPSA) is 95.6 Å². The number of carbonyl (C=O) groups excluding carboxylic acids is 3. The van der Waals surface area contributed by atoms with Gasteiger partial charge in [-0.1, -0.05) is 30.9 Å². The Labute approximate surface area is 216 Å². The van der Waals surface area contributed by atoms with Crippen LogP contribution in [0.3, 0.4) is 0 Å². The molecule has 194 valence electrons. The number of halogens is 3. The van der Waals surface area contributed by atoms with Crippen LogP contribution in [0.2, 0.25) is 5.02 Å². The summed E-state index contributed by atoms with van der Waals surface area (Å²) in [6.07, 6.45) is 4.83. The van der Waals surface area contributed by atoms with Crippen molar-refractivity contribution in [2.24, 2.45) is 0 Å². The van der Waals surface area contributed by atoms with E-state index in [0.717, 1.165) is 43.1 Å². The van der Waals surface area contributed by atoms with Gasteiger partial charge < -0.3 is 10.6 Å². The molecule has 2 atom stereocenters. The molecule has 0 spiro atoms. The van der Waals surface area contributed by atoms with Crippen LogP contribution >= 0.6 is 11.6 Å². The van der Waals surface area contributed by atoms with E-state index < -0.39 is 57.7 Å². The van der Waals surface area contributed by atoms with Gasteiger partial charge in [0.1, 0.15) is 29.2 Å². The molecule has 3 rings (SSSR count). The van der Waals surface area contributed by atoms with Gasteiger partial charge in [-0.15, -0.1) is 0 Å². The Morgan fingerprint density at radius 3 is 2.36 bits per heavy atom. The van der Waals surface area contributed by atoms with Crippen molar-refractivity contribution in [2.75, 3.05) is 21.7 Å². The average molecular weight is 540 g/mol. The summed E-state index contributed by atoms with van der Waals surface area (Å²) in [5.41, 5.74) is 0.491. The highest BCUT2D eigenvalue weighted by molar-refractivity contribution is 7.86. The summed E-state index contributed by atoms with van der Waals surface area (Å²) in [7, 11) is -1.91. The van der Waals surface area contributed by atoms with Crippen LogP contribution in [0.5, 0.6) is 0 Å². The van der Waals surface area contributed by atoms with Crippen molar-refractivity contribution in [1.82, 2.24) is 5.32 Å². The van der Waals surface area contributed by atoms with Crippen molar-refractivity contribution in [1.29, 1.82) is 0 Å². The molecule has 2 N–H and O–H groups in total. The van der Waals surface area contributed by atoms with Gasteiger partial charge in [-0.3, -0.25) is 23.5 Å². The van der Waals surface area contributed by atoms with Crippen molar-refractivity contribution in [2.45, 2.75) is 51.1 Å². The predicted octanol–water partition coefficient (Wildman–Crippen LogP) is 4.18. The zero-order valence-corrected chi connectivity index (χ0v) is 21.3. The number of nitrogens with zero attached hydrogens (tertiary/aromatic N) is 1. The zero-order valence-electron chi connectivity index (χ0n) is 19.8. The minimum atomic E-state index is -1.91. The lowest BCUT2D eigenvalue weighted by molar-refractivity contribution is -0.126. The lowest BCUT2D eigenvalue weighted by Crippen LogP contribution is -2.52. The summed E-state index contributed by atoms with van der Waals surface area (Å²) in [6.45, 7) is 1.53. The molecule has 36 heavy (non-hydrogen) atoms. The molecule has 2 aromatic carbocycles. The smallest absolute Gasteiger partial charge is 0.243 e. The summed E-state index contributed by atoms with van der Waals surface area (Å²) in [4.78, 5) is 39.6. The second-order valence-electron chi connectivity index (χ2n) is 8.67. The van der Waals surface area contributed by atoms with E-state index in [1.165, 1.54) is 43.3 Å². The fraction of sp³-hybridized carbons (Fsp3) is 0.400. The number of hydrogen-bond acceptors (Lipinski definition) is 4. The van der Waals surface area contributed by atoms with E-state index in [1.807, 2.05) is 0 Å². The average Bonchev–Trinajstić information content (AvgIpc) is 2.83. The van der Waals surface area contributed by atoms with Gasteiger partial charge in [0.05, 0.1) is 5.02 Å². The second-order valence-corrected chi connectivity index (χ2v) is 10.5. The van der Waals surface area contributed by atoms with Gasteiger partial charge in [-0.25, -0.2) is 8.78 Å². The number of amides is 3. The maximum Gasteiger partial charge on any atom is 0.243 e. The number of hydrogen-bond donors (Lipinski definition) is 2. The third-order valence-electron chi connectivity index (χ3n) is 5.87. The van der Waals surface area contributed by atoms with Crippen LogP contribution in [-0.4, -0.2) is 45.5 Å². The first-order valence-corrected chi connectivity index (χ1v) is 13.5. The molecular weight excluding hydrogens is 512 g/mol. The molecule has 0 heterocycles. The Bertz CT molecular complexity index is 1130. The SMILES string of the molecule is CC(C(=O)NC1CCCCC1)N(C(=O)CS(=O)CC(=O)Nc1ccc(F)cc1)c1ccc(F)c(Cl)c1. The van der Waals surface area contributed by atoms with E-state index in [9.17, 15) is 27.4 Å². The van der Waals surface area contributed by atoms with Gasteiger partial charge in [0.2, 0.25) is 17.7 Å². The van der Waals surface area contributed by atoms with Gasteiger partial charge in [0.25, 0.3) is 0 Å². The Kier molecular flexibility index (Phi) is 9.95. The molecular formula is C25H28ClF2N3O4S. The van der Waals surface area contributed by atoms with Gasteiger partial charge in [0, 0.05) is 28.2 Å². The highest BCUT2D eigenvalue weighted by atomic mass is 35.5. The van der Waals surface area contributed by atoms with Crippen LogP contribution in [0.4, 0.5) is 20.2 Å². The zero-order chi connectivity index (χ0) is 26.2. The molecule has 1 aliphatic carbocycles. The van der Waals surface area contributed by atoms with Crippen LogP contribution in [0.25, 0.3) is 0 Å². The number of nitrogens with one attached hydrogen (secondary N) is 2. The number of anilines is 2. The van der Waals surface area contributed by atoms with Crippen molar-refractivity contribution >= 4 is 51.5 Å². The van der Waals surface area contributed by atoms with Crippen LogP contribution < -0.4 is 15.5 Å². The van der Waals surface area contributed by atoms with E-state index >= 15 is 0 Å². The molecule has 1 saturated carbocycles. The van der Waals surface area contributed by atoms with Crippen LogP contribution in [0.1, 0.15) is 39.0 Å². The van der Waals surface area contributed by atoms with E-state index in [4.69, 9.17) is 11.6 Å². The Morgan fingerprint density at radius 2 is 1.72 bits per heavy atom. The summed E-state index contributed by atoms with van der Waals surface area (Å²) in [6, 6.07) is 7.68. The summed E-state index contributed by atoms with van der Waals surface area (Å²) in [5, 5.41) is 5.22. The van der Waals surface area contributed by atoms with Crippen LogP contribution in [0.15, 0.2) is 42.5 Å². The summed E-state index contributed by atoms with van der Waals surface area (Å²) >= 11 is 5.91. The van der Waals surface area contributed by atoms with E-state index in [1.54, 1.807) is 0 Å². The van der Waals surface area contributed by atoms with Crippen molar-refractivity contribution in [3.63, 3.8) is 0 Å². The van der Waals surface area contributed by atoms with Gasteiger partial charge in [-0.2, -0.15) is 0 Å². The normalized spacial score (nSPS) is 15.6. The first kappa shape index (κ1) is 27.7. The Balaban J connectivity index is 1.70. The van der Waals surface area contributed by atoms with Crippen LogP contribution in [0, 0.1) is 11.6 Å². The highest BCUT2D eigenvalue weighted by Gasteiger charge is 2.30. The first-order chi connectivity index (χ1) is 17.1. The fourth-order valence-electron chi connectivity index (χ4n) is 4.04. The quantitative estimate of drug-likeness (QED) is 0.500. The number of carbonyl (C=O) groups is 3. The minimum Gasteiger partial charge on any atom is -0.352 e. The number of rotatable bonds is 9. The molecule has 1 fully saturated rings. The Morgan fingerprint density at radius 1 is 1.06 bits per heavy atom. The fourth-order valence-corrected chi connectivity index (χ4v) is 5.10. The third kappa shape index (κ3) is 7.83. The summed E-state index contributed by atoms with van der Waals surface area (Å²) < 4.78 is 39.4. The molecule has 7 nitrogen and oxygen atoms in total. The second kappa shape index (κ2) is 12.9. The molecule has 2 aromatic rings. The van der Waals surface area contributed by atoms with E-state index in [2.05, 4.69) is 10.6 Å². The molecule has 1 aliphatic rings. The lowest BCUT2D eigenvalue weighted by Gasteiger charge is -2.31. The largest absolute Gasteiger partial charge is 0.352 e. The molecule has 0 bridgehead atoms. The van der Waals surface area contributed by atoms with Crippen molar-refractivity contribution in [3.8, 4) is 0 Å². The van der Waals surface area contributed by atoms with Gasteiger partial charge in [0.15, 0.2) is 0 Å². The molecule has 0 radical (unpaired) electrons. The molecule has 0 aliphatic heterocycles. The van der Waals surface area contributed by atoms with E-state index in [0.29, 0.717) is 5.69 Å². The van der Waals surface area contributed by atoms with Gasteiger partial charge >= 0.3 is 0 Å². The standard InChI is InChI=1S/C25H28ClF2N3O4S/c1-16(25(34)30-18-5-3-2-4-6-18)31(20-11-12-22(28)21(26)13-20)24(33)15-36(35)14-23(32)29-19-9-7-17(27)8-10-19/h7-13,16,18H,2-6,14-15H2,1H3,(H,29,32)(H,30,34). The maximum atomic E-state index is 13.8. The molecule has 2 unspecified atom stereocenters. The first-order valence-electron chi connectivity index (χ1n) is 11.6. The summed E-state index contributed by atoms with van der Waals surface area (Å²) in [5.74, 6) is -3.88. The lowest BCUT2D eigenvalue weighted by atomic mass is 9.95. The van der Waals surface area contributed by atoms with Crippen LogP contribution in [-0.2, 0) is 25.2 Å². The predicted molar refractivity (Wildman–Crippen MR) is 136 cm³/mol. The molecule has 0 saturated heterocycles. The molecule has 11 heteroatoms. The molecule has 3 amide bonds.